The number of rotatable bonds is 6. The van der Waals surface area contributed by atoms with Gasteiger partial charge in [-0.15, -0.1) is 0 Å². The third-order valence-electron chi connectivity index (χ3n) is 6.21. The smallest absolute Gasteiger partial charge is 0.257 e. The van der Waals surface area contributed by atoms with Gasteiger partial charge in [-0.05, 0) is 54.5 Å². The third-order valence-corrected chi connectivity index (χ3v) is 7.75. The highest BCUT2D eigenvalue weighted by molar-refractivity contribution is 7.89. The molecule has 2 aromatic carbocycles. The minimum absolute atomic E-state index is 0.0285. The first-order valence-electron chi connectivity index (χ1n) is 11.6. The lowest BCUT2D eigenvalue weighted by Crippen LogP contribution is -2.32. The van der Waals surface area contributed by atoms with Gasteiger partial charge in [0.25, 0.3) is 5.91 Å². The number of nitrogens with zero attached hydrogens (tertiary/aromatic N) is 1. The molecule has 6 nitrogen and oxygen atoms in total. The highest BCUT2D eigenvalue weighted by Crippen LogP contribution is 2.27. The fourth-order valence-corrected chi connectivity index (χ4v) is 5.36. The van der Waals surface area contributed by atoms with Crippen LogP contribution in [0.3, 0.4) is 0 Å². The molecule has 1 aliphatic rings. The molecule has 1 N–H and O–H groups in total. The maximum absolute atomic E-state index is 13.2. The second kappa shape index (κ2) is 10.3. The van der Waals surface area contributed by atoms with E-state index in [0.29, 0.717) is 18.8 Å². The molecule has 33 heavy (non-hydrogen) atoms. The summed E-state index contributed by atoms with van der Waals surface area (Å²) >= 11 is 0. The van der Waals surface area contributed by atoms with Crippen LogP contribution in [-0.4, -0.2) is 39.4 Å². The molecule has 2 aromatic rings. The summed E-state index contributed by atoms with van der Waals surface area (Å²) in [5, 5.41) is 0. The van der Waals surface area contributed by atoms with Crippen molar-refractivity contribution in [3.63, 3.8) is 0 Å². The molecule has 1 aliphatic heterocycles. The number of methoxy groups -OCH3 is 1. The SMILES string of the molecule is COc1ccc(S(=O)(=O)N[C@@H](C)c2ccc(C(C)(C)C)cc2)cc1C(=O)N1CCCCCC1. The molecular weight excluding hydrogens is 436 g/mol. The molecule has 0 bridgehead atoms. The van der Waals surface area contributed by atoms with Crippen LogP contribution >= 0.6 is 0 Å². The summed E-state index contributed by atoms with van der Waals surface area (Å²) in [5.41, 5.74) is 2.37. The van der Waals surface area contributed by atoms with Gasteiger partial charge in [0.1, 0.15) is 5.75 Å². The summed E-state index contributed by atoms with van der Waals surface area (Å²) in [6.45, 7) is 9.60. The zero-order valence-corrected chi connectivity index (χ0v) is 21.2. The molecule has 1 atom stereocenters. The predicted octanol–water partition coefficient (Wildman–Crippen LogP) is 5.05. The van der Waals surface area contributed by atoms with Crippen molar-refractivity contribution in [1.29, 1.82) is 0 Å². The number of nitrogens with one attached hydrogen (secondary N) is 1. The fourth-order valence-electron chi connectivity index (χ4n) is 4.11. The Balaban J connectivity index is 1.84. The summed E-state index contributed by atoms with van der Waals surface area (Å²) in [5.74, 6) is 0.200. The van der Waals surface area contributed by atoms with Crippen molar-refractivity contribution in [2.24, 2.45) is 0 Å². The number of carbonyl (C=O) groups excluding carboxylic acids is 1. The molecule has 1 saturated heterocycles. The molecule has 1 heterocycles. The van der Waals surface area contributed by atoms with Gasteiger partial charge < -0.3 is 9.64 Å². The number of likely N-dealkylation sites (tertiary alicyclic amines) is 1. The van der Waals surface area contributed by atoms with Crippen LogP contribution in [0.5, 0.6) is 5.75 Å². The topological polar surface area (TPSA) is 75.7 Å². The van der Waals surface area contributed by atoms with Crippen LogP contribution in [0.2, 0.25) is 0 Å². The highest BCUT2D eigenvalue weighted by Gasteiger charge is 2.25. The quantitative estimate of drug-likeness (QED) is 0.638. The zero-order valence-electron chi connectivity index (χ0n) is 20.3. The Hall–Kier alpha value is -2.38. The molecule has 180 valence electrons. The first-order chi connectivity index (χ1) is 15.5. The minimum atomic E-state index is -3.84. The number of benzene rings is 2. The van der Waals surface area contributed by atoms with E-state index < -0.39 is 16.1 Å². The van der Waals surface area contributed by atoms with Crippen molar-refractivity contribution in [1.82, 2.24) is 9.62 Å². The van der Waals surface area contributed by atoms with Crippen molar-refractivity contribution < 1.29 is 17.9 Å². The Bertz CT molecular complexity index is 1060. The predicted molar refractivity (Wildman–Crippen MR) is 131 cm³/mol. The first-order valence-corrected chi connectivity index (χ1v) is 13.1. The number of ether oxygens (including phenoxy) is 1. The summed E-state index contributed by atoms with van der Waals surface area (Å²) in [6.07, 6.45) is 4.12. The Morgan fingerprint density at radius 2 is 1.61 bits per heavy atom. The molecule has 0 spiro atoms. The number of amides is 1. The molecule has 1 amide bonds. The van der Waals surface area contributed by atoms with Gasteiger partial charge in [0.15, 0.2) is 0 Å². The average molecular weight is 473 g/mol. The van der Waals surface area contributed by atoms with Gasteiger partial charge in [0.05, 0.1) is 17.6 Å². The average Bonchev–Trinajstić information content (AvgIpc) is 3.07. The van der Waals surface area contributed by atoms with E-state index in [4.69, 9.17) is 4.74 Å². The zero-order chi connectivity index (χ0) is 24.2. The summed E-state index contributed by atoms with van der Waals surface area (Å²) in [6, 6.07) is 12.0. The normalized spacial score (nSPS) is 16.2. The Morgan fingerprint density at radius 1 is 1.00 bits per heavy atom. The molecule has 0 aromatic heterocycles. The standard InChI is InChI=1S/C26H36N2O4S/c1-19(20-10-12-21(13-11-20)26(2,3)4)27-33(30,31)22-14-15-24(32-5)23(18-22)25(29)28-16-8-6-7-9-17-28/h10-15,18-19,27H,6-9,16-17H2,1-5H3/t19-/m0/s1. The molecule has 3 rings (SSSR count). The maximum Gasteiger partial charge on any atom is 0.257 e. The van der Waals surface area contributed by atoms with Crippen molar-refractivity contribution >= 4 is 15.9 Å². The lowest BCUT2D eigenvalue weighted by atomic mass is 9.86. The van der Waals surface area contributed by atoms with Crippen LogP contribution < -0.4 is 9.46 Å². The van der Waals surface area contributed by atoms with E-state index in [-0.39, 0.29) is 21.8 Å². The second-order valence-corrected chi connectivity index (χ2v) is 11.5. The van der Waals surface area contributed by atoms with Crippen LogP contribution in [0.25, 0.3) is 0 Å². The van der Waals surface area contributed by atoms with Crippen molar-refractivity contribution in [3.05, 3.63) is 59.2 Å². The molecule has 0 unspecified atom stereocenters. The largest absolute Gasteiger partial charge is 0.496 e. The number of carbonyl (C=O) groups is 1. The number of sulfonamides is 1. The Labute approximate surface area is 198 Å². The van der Waals surface area contributed by atoms with Crippen molar-refractivity contribution in [2.45, 2.75) is 69.7 Å². The van der Waals surface area contributed by atoms with Crippen LogP contribution in [0, 0.1) is 0 Å². The monoisotopic (exact) mass is 472 g/mol. The lowest BCUT2D eigenvalue weighted by molar-refractivity contribution is 0.0758. The first kappa shape index (κ1) is 25.2. The van der Waals surface area contributed by atoms with Gasteiger partial charge in [-0.1, -0.05) is 57.9 Å². The minimum Gasteiger partial charge on any atom is -0.496 e. The van der Waals surface area contributed by atoms with Crippen LogP contribution in [0.15, 0.2) is 47.4 Å². The molecule has 1 fully saturated rings. The van der Waals surface area contributed by atoms with E-state index in [0.717, 1.165) is 31.2 Å². The van der Waals surface area contributed by atoms with Crippen LogP contribution in [0.1, 0.15) is 80.9 Å². The van der Waals surface area contributed by atoms with E-state index in [9.17, 15) is 13.2 Å². The summed E-state index contributed by atoms with van der Waals surface area (Å²) < 4.78 is 34.5. The molecule has 0 saturated carbocycles. The van der Waals surface area contributed by atoms with Crippen molar-refractivity contribution in [3.8, 4) is 5.75 Å². The number of hydrogen-bond acceptors (Lipinski definition) is 4. The fraction of sp³-hybridized carbons (Fsp3) is 0.500. The van der Waals surface area contributed by atoms with Crippen LogP contribution in [-0.2, 0) is 15.4 Å². The van der Waals surface area contributed by atoms with Gasteiger partial charge in [-0.2, -0.15) is 0 Å². The third kappa shape index (κ3) is 6.15. The van der Waals surface area contributed by atoms with E-state index >= 15 is 0 Å². The highest BCUT2D eigenvalue weighted by atomic mass is 32.2. The van der Waals surface area contributed by atoms with Gasteiger partial charge in [-0.25, -0.2) is 13.1 Å². The molecule has 0 radical (unpaired) electrons. The second-order valence-electron chi connectivity index (χ2n) is 9.78. The Kier molecular flexibility index (Phi) is 7.85. The van der Waals surface area contributed by atoms with E-state index in [1.165, 1.54) is 24.8 Å². The van der Waals surface area contributed by atoms with Gasteiger partial charge in [0.2, 0.25) is 10.0 Å². The van der Waals surface area contributed by atoms with E-state index in [1.54, 1.807) is 11.0 Å². The molecule has 0 aliphatic carbocycles. The summed E-state index contributed by atoms with van der Waals surface area (Å²) in [7, 11) is -2.35. The maximum atomic E-state index is 13.2. The molecule has 7 heteroatoms. The summed E-state index contributed by atoms with van der Waals surface area (Å²) in [4.78, 5) is 15.1. The van der Waals surface area contributed by atoms with Gasteiger partial charge >= 0.3 is 0 Å². The Morgan fingerprint density at radius 3 is 2.15 bits per heavy atom. The molecular formula is C26H36N2O4S. The van der Waals surface area contributed by atoms with E-state index in [1.807, 2.05) is 31.2 Å². The van der Waals surface area contributed by atoms with Gasteiger partial charge in [-0.3, -0.25) is 4.79 Å². The van der Waals surface area contributed by atoms with E-state index in [2.05, 4.69) is 25.5 Å². The number of hydrogen-bond donors (Lipinski definition) is 1. The van der Waals surface area contributed by atoms with Crippen molar-refractivity contribution in [2.75, 3.05) is 20.2 Å². The van der Waals surface area contributed by atoms with Crippen LogP contribution in [0.4, 0.5) is 0 Å². The van der Waals surface area contributed by atoms with Gasteiger partial charge in [0, 0.05) is 19.1 Å². The lowest BCUT2D eigenvalue weighted by Gasteiger charge is -2.22.